The molecule has 1 amide bonds. The third-order valence-electron chi connectivity index (χ3n) is 6.18. The number of nitrogens with zero attached hydrogens (tertiary/aromatic N) is 5. The maximum Gasteiger partial charge on any atom is 0.253 e. The van der Waals surface area contributed by atoms with E-state index < -0.39 is 6.10 Å². The van der Waals surface area contributed by atoms with Crippen LogP contribution in [0.1, 0.15) is 10.4 Å². The monoisotopic (exact) mass is 437 g/mol. The van der Waals surface area contributed by atoms with Gasteiger partial charge < -0.3 is 14.9 Å². The maximum atomic E-state index is 12.7. The van der Waals surface area contributed by atoms with Gasteiger partial charge in [0.05, 0.1) is 29.4 Å². The molecule has 0 bridgehead atoms. The quantitative estimate of drug-likeness (QED) is 0.677. The largest absolute Gasteiger partial charge is 0.390 e. The number of rotatable bonds is 3. The number of amides is 1. The number of aliphatic hydroxyl groups is 1. The van der Waals surface area contributed by atoms with Gasteiger partial charge in [-0.3, -0.25) is 14.7 Å². The average Bonchev–Trinajstić information content (AvgIpc) is 3.20. The minimum absolute atomic E-state index is 0.0149. The van der Waals surface area contributed by atoms with Crippen LogP contribution in [0.4, 0.5) is 5.82 Å². The number of para-hydroxylation sites is 2. The molecular weight excluding hydrogens is 414 g/mol. The van der Waals surface area contributed by atoms with Crippen LogP contribution in [0.15, 0.2) is 54.7 Å². The van der Waals surface area contributed by atoms with E-state index in [4.69, 9.17) is 16.6 Å². The topological polar surface area (TPSA) is 72.8 Å². The minimum Gasteiger partial charge on any atom is -0.390 e. The van der Waals surface area contributed by atoms with Crippen molar-refractivity contribution in [2.45, 2.75) is 12.1 Å². The lowest BCUT2D eigenvalue weighted by Crippen LogP contribution is -2.54. The highest BCUT2D eigenvalue weighted by Gasteiger charge is 2.38. The Hall–Kier alpha value is -2.74. The summed E-state index contributed by atoms with van der Waals surface area (Å²) in [5.74, 6) is 0.813. The predicted molar refractivity (Wildman–Crippen MR) is 120 cm³/mol. The standard InChI is InChI=1S/C23H24ClN5O2/c24-17-7-5-16(6-8-17)23(31)28-11-9-27(10-12-28)20-14-29(15-21(20)30)22-13-25-18-3-1-2-4-19(18)26-22/h1-8,13,20-21,30H,9-12,14-15H2. The molecule has 1 N–H and O–H groups in total. The molecule has 3 aromatic rings. The Morgan fingerprint density at radius 2 is 1.68 bits per heavy atom. The molecule has 0 saturated carbocycles. The van der Waals surface area contributed by atoms with Crippen molar-refractivity contribution >= 4 is 34.4 Å². The molecule has 2 aliphatic rings. The Bertz CT molecular complexity index is 1080. The van der Waals surface area contributed by atoms with E-state index in [9.17, 15) is 9.90 Å². The number of β-amino-alcohol motifs (C(OH)–C–C–N with tert-alkyl or cyclic N) is 1. The van der Waals surface area contributed by atoms with Gasteiger partial charge in [0.1, 0.15) is 5.82 Å². The summed E-state index contributed by atoms with van der Waals surface area (Å²) in [6.45, 7) is 3.97. The maximum absolute atomic E-state index is 12.7. The summed E-state index contributed by atoms with van der Waals surface area (Å²) >= 11 is 5.92. The summed E-state index contributed by atoms with van der Waals surface area (Å²) in [4.78, 5) is 28.2. The number of piperazine rings is 1. The van der Waals surface area contributed by atoms with Crippen LogP contribution in [0.2, 0.25) is 5.02 Å². The van der Waals surface area contributed by atoms with E-state index in [1.165, 1.54) is 0 Å². The number of hydrogen-bond donors (Lipinski definition) is 1. The Kier molecular flexibility index (Phi) is 5.48. The first kappa shape index (κ1) is 20.2. The summed E-state index contributed by atoms with van der Waals surface area (Å²) in [7, 11) is 0. The molecule has 2 atom stereocenters. The highest BCUT2D eigenvalue weighted by Crippen LogP contribution is 2.24. The van der Waals surface area contributed by atoms with Crippen LogP contribution in [0, 0.1) is 0 Å². The average molecular weight is 438 g/mol. The second-order valence-electron chi connectivity index (χ2n) is 8.09. The van der Waals surface area contributed by atoms with Crippen LogP contribution in [0.25, 0.3) is 11.0 Å². The molecule has 3 heterocycles. The van der Waals surface area contributed by atoms with Gasteiger partial charge in [-0.1, -0.05) is 23.7 Å². The Morgan fingerprint density at radius 1 is 0.968 bits per heavy atom. The van der Waals surface area contributed by atoms with Crippen molar-refractivity contribution in [2.75, 3.05) is 44.2 Å². The molecule has 8 heteroatoms. The number of carbonyl (C=O) groups is 1. The second kappa shape index (κ2) is 8.42. The molecule has 0 radical (unpaired) electrons. The fourth-order valence-corrected chi connectivity index (χ4v) is 4.57. The number of aromatic nitrogens is 2. The Labute approximate surface area is 185 Å². The predicted octanol–water partition coefficient (Wildman–Crippen LogP) is 2.29. The van der Waals surface area contributed by atoms with Crippen LogP contribution < -0.4 is 4.90 Å². The van der Waals surface area contributed by atoms with Crippen LogP contribution in [0.5, 0.6) is 0 Å². The molecule has 1 aromatic heterocycles. The molecule has 2 saturated heterocycles. The molecule has 160 valence electrons. The van der Waals surface area contributed by atoms with Gasteiger partial charge in [0, 0.05) is 49.9 Å². The van der Waals surface area contributed by atoms with E-state index in [1.54, 1.807) is 30.5 Å². The fraction of sp³-hybridized carbons (Fsp3) is 0.348. The molecule has 2 unspecified atom stereocenters. The highest BCUT2D eigenvalue weighted by atomic mass is 35.5. The third-order valence-corrected chi connectivity index (χ3v) is 6.43. The van der Waals surface area contributed by atoms with Crippen molar-refractivity contribution < 1.29 is 9.90 Å². The van der Waals surface area contributed by atoms with Gasteiger partial charge in [-0.15, -0.1) is 0 Å². The lowest BCUT2D eigenvalue weighted by Gasteiger charge is -2.38. The van der Waals surface area contributed by atoms with Crippen molar-refractivity contribution in [3.8, 4) is 0 Å². The first-order valence-electron chi connectivity index (χ1n) is 10.5. The fourth-order valence-electron chi connectivity index (χ4n) is 4.45. The van der Waals surface area contributed by atoms with Gasteiger partial charge in [-0.2, -0.15) is 0 Å². The molecule has 0 spiro atoms. The molecule has 31 heavy (non-hydrogen) atoms. The van der Waals surface area contributed by atoms with Gasteiger partial charge in [0.25, 0.3) is 5.91 Å². The summed E-state index contributed by atoms with van der Waals surface area (Å²) in [6.07, 6.45) is 1.31. The van der Waals surface area contributed by atoms with E-state index in [0.717, 1.165) is 29.9 Å². The van der Waals surface area contributed by atoms with Gasteiger partial charge in [0.2, 0.25) is 0 Å². The summed E-state index contributed by atoms with van der Waals surface area (Å²) < 4.78 is 0. The molecule has 0 aliphatic carbocycles. The van der Waals surface area contributed by atoms with E-state index in [-0.39, 0.29) is 11.9 Å². The SMILES string of the molecule is O=C(c1ccc(Cl)cc1)N1CCN(C2CN(c3cnc4ccccc4n3)CC2O)CC1. The summed E-state index contributed by atoms with van der Waals surface area (Å²) in [5.41, 5.74) is 2.37. The summed E-state index contributed by atoms with van der Waals surface area (Å²) in [6, 6.07) is 14.8. The molecule has 7 nitrogen and oxygen atoms in total. The van der Waals surface area contributed by atoms with Crippen LogP contribution >= 0.6 is 11.6 Å². The number of benzene rings is 2. The number of fused-ring (bicyclic) bond motifs is 1. The molecule has 5 rings (SSSR count). The highest BCUT2D eigenvalue weighted by molar-refractivity contribution is 6.30. The van der Waals surface area contributed by atoms with E-state index in [1.807, 2.05) is 29.2 Å². The van der Waals surface area contributed by atoms with Crippen LogP contribution in [-0.2, 0) is 0 Å². The number of halogens is 1. The number of anilines is 1. The molecule has 2 aliphatic heterocycles. The third kappa shape index (κ3) is 4.08. The van der Waals surface area contributed by atoms with E-state index in [0.29, 0.717) is 36.8 Å². The number of carbonyl (C=O) groups excluding carboxylic acids is 1. The molecular formula is C23H24ClN5O2. The smallest absolute Gasteiger partial charge is 0.253 e. The van der Waals surface area contributed by atoms with Crippen molar-refractivity contribution in [3.63, 3.8) is 0 Å². The Morgan fingerprint density at radius 3 is 2.42 bits per heavy atom. The van der Waals surface area contributed by atoms with Crippen molar-refractivity contribution in [1.82, 2.24) is 19.8 Å². The van der Waals surface area contributed by atoms with E-state index >= 15 is 0 Å². The van der Waals surface area contributed by atoms with Crippen LogP contribution in [-0.4, -0.2) is 82.2 Å². The first-order chi connectivity index (χ1) is 15.1. The zero-order valence-corrected chi connectivity index (χ0v) is 17.8. The first-order valence-corrected chi connectivity index (χ1v) is 10.9. The lowest BCUT2D eigenvalue weighted by atomic mass is 10.1. The molecule has 2 aromatic carbocycles. The minimum atomic E-state index is -0.466. The van der Waals surface area contributed by atoms with Crippen molar-refractivity contribution in [2.24, 2.45) is 0 Å². The van der Waals surface area contributed by atoms with Gasteiger partial charge in [0.15, 0.2) is 0 Å². The lowest BCUT2D eigenvalue weighted by molar-refractivity contribution is 0.0376. The number of aliphatic hydroxyl groups excluding tert-OH is 1. The molecule has 2 fully saturated rings. The second-order valence-corrected chi connectivity index (χ2v) is 8.53. The zero-order valence-electron chi connectivity index (χ0n) is 17.1. The van der Waals surface area contributed by atoms with Gasteiger partial charge >= 0.3 is 0 Å². The Balaban J connectivity index is 1.22. The van der Waals surface area contributed by atoms with E-state index in [2.05, 4.69) is 14.8 Å². The van der Waals surface area contributed by atoms with Crippen LogP contribution in [0.3, 0.4) is 0 Å². The van der Waals surface area contributed by atoms with Crippen molar-refractivity contribution in [3.05, 3.63) is 65.3 Å². The summed E-state index contributed by atoms with van der Waals surface area (Å²) in [5, 5.41) is 11.4. The van der Waals surface area contributed by atoms with Gasteiger partial charge in [-0.05, 0) is 36.4 Å². The number of hydrogen-bond acceptors (Lipinski definition) is 6. The normalized spacial score (nSPS) is 22.3. The van der Waals surface area contributed by atoms with Gasteiger partial charge in [-0.25, -0.2) is 4.98 Å². The zero-order chi connectivity index (χ0) is 21.4. The van der Waals surface area contributed by atoms with Crippen molar-refractivity contribution in [1.29, 1.82) is 0 Å².